The van der Waals surface area contributed by atoms with Crippen LogP contribution in [0.1, 0.15) is 133 Å². The quantitative estimate of drug-likeness (QED) is 0.214. The summed E-state index contributed by atoms with van der Waals surface area (Å²) in [7, 11) is 0. The third-order valence-electron chi connectivity index (χ3n) is 8.07. The number of nitrogens with two attached hydrogens (primary N) is 1. The van der Waals surface area contributed by atoms with Gasteiger partial charge in [-0.05, 0) is 127 Å². The number of anilines is 1. The summed E-state index contributed by atoms with van der Waals surface area (Å²) < 4.78 is 17.3. The highest BCUT2D eigenvalue weighted by molar-refractivity contribution is 6.00. The lowest BCUT2D eigenvalue weighted by molar-refractivity contribution is 0.186. The van der Waals surface area contributed by atoms with Crippen LogP contribution >= 0.6 is 0 Å². The lowest BCUT2D eigenvalue weighted by Gasteiger charge is -2.20. The highest BCUT2D eigenvalue weighted by Crippen LogP contribution is 2.41. The van der Waals surface area contributed by atoms with Gasteiger partial charge in [-0.3, -0.25) is 4.39 Å². The molecule has 0 amide bonds. The van der Waals surface area contributed by atoms with Crippen LogP contribution in [0.3, 0.4) is 0 Å². The van der Waals surface area contributed by atoms with Gasteiger partial charge in [0.15, 0.2) is 0 Å². The molecule has 1 aliphatic rings. The minimum absolute atomic E-state index is 0.156. The van der Waals surface area contributed by atoms with E-state index in [-0.39, 0.29) is 12.8 Å². The van der Waals surface area contributed by atoms with Crippen LogP contribution in [-0.2, 0) is 12.8 Å². The molecule has 0 bridgehead atoms. The molecule has 0 spiro atoms. The first-order chi connectivity index (χ1) is 20.9. The summed E-state index contributed by atoms with van der Waals surface area (Å²) in [4.78, 5) is 0. The Morgan fingerprint density at radius 3 is 2.12 bits per heavy atom. The molecule has 1 atom stereocenters. The summed E-state index contributed by atoms with van der Waals surface area (Å²) in [5.41, 5.74) is 18.0. The fraction of sp³-hybridized carbons (Fsp3) is 0.500. The van der Waals surface area contributed by atoms with Gasteiger partial charge in [0.05, 0.1) is 12.8 Å². The summed E-state index contributed by atoms with van der Waals surface area (Å²) in [6, 6.07) is 22.4. The van der Waals surface area contributed by atoms with Gasteiger partial charge in [-0.1, -0.05) is 97.2 Å². The van der Waals surface area contributed by atoms with E-state index in [0.29, 0.717) is 0 Å². The van der Waals surface area contributed by atoms with Crippen molar-refractivity contribution in [3.8, 4) is 5.75 Å². The molecule has 1 unspecified atom stereocenters. The van der Waals surface area contributed by atoms with Crippen LogP contribution in [-0.4, -0.2) is 12.8 Å². The molecule has 0 heterocycles. The molecule has 0 radical (unpaired) electrons. The summed E-state index contributed by atoms with van der Waals surface area (Å²) in [5, 5.41) is 0. The number of unbranched alkanes of at least 4 members (excludes halogenated alkanes) is 2. The third-order valence-corrected chi connectivity index (χ3v) is 8.07. The maximum Gasteiger partial charge on any atom is 0.119 e. The number of alkyl halides is 1. The van der Waals surface area contributed by atoms with Gasteiger partial charge < -0.3 is 10.5 Å². The standard InChI is InChI=1S/C34H43NO.C4H9F.C2H6/c1-5-8-11-26-22-28(15-14-24(26)4)32-13-9-12-27-23-29(35)18-21-33(27)34(32)25-16-19-31(20-17-25)36-30(7-3)10-6-2;1-2-3-4-5;1-2/h14-23,30H,5-13,35H2,1-4H3;2-4H2,1H3;1-2H3. The Bertz CT molecular complexity index is 1240. The molecule has 236 valence electrons. The van der Waals surface area contributed by atoms with Gasteiger partial charge in [0.1, 0.15) is 5.75 Å². The van der Waals surface area contributed by atoms with E-state index in [1.165, 1.54) is 57.4 Å². The highest BCUT2D eigenvalue weighted by atomic mass is 19.1. The molecule has 4 rings (SSSR count). The monoisotopic (exact) mass is 587 g/mol. The number of ether oxygens (including phenoxy) is 1. The van der Waals surface area contributed by atoms with Gasteiger partial charge in [-0.15, -0.1) is 0 Å². The molecule has 3 aromatic carbocycles. The predicted molar refractivity (Wildman–Crippen MR) is 188 cm³/mol. The largest absolute Gasteiger partial charge is 0.490 e. The van der Waals surface area contributed by atoms with Gasteiger partial charge in [-0.2, -0.15) is 0 Å². The Labute approximate surface area is 263 Å². The average molecular weight is 588 g/mol. The molecule has 0 aliphatic heterocycles. The van der Waals surface area contributed by atoms with E-state index < -0.39 is 0 Å². The molecule has 43 heavy (non-hydrogen) atoms. The first kappa shape index (κ1) is 36.1. The van der Waals surface area contributed by atoms with E-state index in [1.807, 2.05) is 20.8 Å². The van der Waals surface area contributed by atoms with E-state index in [4.69, 9.17) is 10.5 Å². The van der Waals surface area contributed by atoms with Crippen LogP contribution in [0.25, 0.3) is 11.1 Å². The number of halogens is 1. The van der Waals surface area contributed by atoms with Crippen molar-refractivity contribution in [2.75, 3.05) is 12.4 Å². The average Bonchev–Trinajstić information content (AvgIpc) is 3.22. The van der Waals surface area contributed by atoms with Gasteiger partial charge in [0.2, 0.25) is 0 Å². The third kappa shape index (κ3) is 10.9. The van der Waals surface area contributed by atoms with Crippen molar-refractivity contribution in [3.63, 3.8) is 0 Å². The second-order valence-electron chi connectivity index (χ2n) is 11.4. The van der Waals surface area contributed by atoms with Crippen LogP contribution in [0.2, 0.25) is 0 Å². The number of benzene rings is 3. The summed E-state index contributed by atoms with van der Waals surface area (Å²) >= 11 is 0. The molecule has 0 saturated carbocycles. The zero-order chi connectivity index (χ0) is 31.6. The number of nitrogen functional groups attached to an aromatic ring is 1. The first-order valence-electron chi connectivity index (χ1n) is 17.0. The maximum atomic E-state index is 11.0. The first-order valence-corrected chi connectivity index (χ1v) is 17.0. The fourth-order valence-electron chi connectivity index (χ4n) is 5.62. The number of rotatable bonds is 12. The molecule has 3 heteroatoms. The van der Waals surface area contributed by atoms with Crippen LogP contribution in [0, 0.1) is 6.92 Å². The van der Waals surface area contributed by atoms with E-state index in [9.17, 15) is 4.39 Å². The molecule has 3 aromatic rings. The lowest BCUT2D eigenvalue weighted by atomic mass is 9.86. The molecular formula is C40H58FNO. The Morgan fingerprint density at radius 2 is 1.51 bits per heavy atom. The van der Waals surface area contributed by atoms with E-state index in [2.05, 4.69) is 88.4 Å². The number of hydrogen-bond donors (Lipinski definition) is 1. The second kappa shape index (κ2) is 20.0. The zero-order valence-corrected chi connectivity index (χ0v) is 28.2. The van der Waals surface area contributed by atoms with Crippen LogP contribution < -0.4 is 10.5 Å². The zero-order valence-electron chi connectivity index (χ0n) is 28.2. The van der Waals surface area contributed by atoms with E-state index in [0.717, 1.165) is 69.2 Å². The van der Waals surface area contributed by atoms with Gasteiger partial charge in [-0.25, -0.2) is 0 Å². The Hall–Kier alpha value is -3.07. The number of allylic oxidation sites excluding steroid dienone is 1. The van der Waals surface area contributed by atoms with Crippen LogP contribution in [0.4, 0.5) is 10.1 Å². The summed E-state index contributed by atoms with van der Waals surface area (Å²) in [6.45, 7) is 14.8. The Kier molecular flexibility index (Phi) is 16.8. The summed E-state index contributed by atoms with van der Waals surface area (Å²) in [5.74, 6) is 0.963. The number of hydrogen-bond acceptors (Lipinski definition) is 2. The molecular weight excluding hydrogens is 529 g/mol. The Morgan fingerprint density at radius 1 is 0.814 bits per heavy atom. The molecule has 1 aliphatic carbocycles. The fourth-order valence-corrected chi connectivity index (χ4v) is 5.62. The van der Waals surface area contributed by atoms with Gasteiger partial charge >= 0.3 is 0 Å². The van der Waals surface area contributed by atoms with Crippen molar-refractivity contribution in [2.24, 2.45) is 0 Å². The predicted octanol–water partition coefficient (Wildman–Crippen LogP) is 12.0. The SMILES string of the molecule is CC.CCCCF.CCCCc1cc(C2=C(c3ccc(OC(CC)CCC)cc3)c3ccc(N)cc3CCC2)ccc1C. The summed E-state index contributed by atoms with van der Waals surface area (Å²) in [6.07, 6.45) is 12.1. The highest BCUT2D eigenvalue weighted by Gasteiger charge is 2.21. The molecule has 0 fully saturated rings. The van der Waals surface area contributed by atoms with Crippen LogP contribution in [0.5, 0.6) is 5.75 Å². The van der Waals surface area contributed by atoms with Gasteiger partial charge in [0.25, 0.3) is 0 Å². The van der Waals surface area contributed by atoms with E-state index >= 15 is 0 Å². The maximum absolute atomic E-state index is 11.0. The second-order valence-corrected chi connectivity index (χ2v) is 11.4. The van der Waals surface area contributed by atoms with Crippen molar-refractivity contribution in [1.82, 2.24) is 0 Å². The van der Waals surface area contributed by atoms with Crippen molar-refractivity contribution < 1.29 is 9.13 Å². The van der Waals surface area contributed by atoms with Crippen molar-refractivity contribution >= 4 is 16.8 Å². The molecule has 0 aromatic heterocycles. The smallest absolute Gasteiger partial charge is 0.119 e. The minimum Gasteiger partial charge on any atom is -0.490 e. The normalized spacial score (nSPS) is 13.1. The topological polar surface area (TPSA) is 35.2 Å². The lowest BCUT2D eigenvalue weighted by Crippen LogP contribution is -2.14. The molecule has 2 N–H and O–H groups in total. The van der Waals surface area contributed by atoms with Crippen molar-refractivity contribution in [2.45, 2.75) is 125 Å². The number of aryl methyl sites for hydroxylation is 3. The molecule has 0 saturated heterocycles. The minimum atomic E-state index is -0.156. The number of fused-ring (bicyclic) bond motifs is 1. The van der Waals surface area contributed by atoms with Crippen molar-refractivity contribution in [3.05, 3.63) is 94.0 Å². The van der Waals surface area contributed by atoms with Gasteiger partial charge in [0, 0.05) is 5.69 Å². The van der Waals surface area contributed by atoms with Crippen LogP contribution in [0.15, 0.2) is 60.7 Å². The van der Waals surface area contributed by atoms with Crippen molar-refractivity contribution in [1.29, 1.82) is 0 Å². The molecule has 2 nitrogen and oxygen atoms in total. The van der Waals surface area contributed by atoms with E-state index in [1.54, 1.807) is 0 Å². The Balaban J connectivity index is 0.000000836.